The molecule has 2 nitrogen and oxygen atoms in total. The summed E-state index contributed by atoms with van der Waals surface area (Å²) in [6.07, 6.45) is 2.76. The summed E-state index contributed by atoms with van der Waals surface area (Å²) in [5.41, 5.74) is 1.31. The number of unbranched alkanes of at least 4 members (excludes halogenated alkanes) is 1. The van der Waals surface area contributed by atoms with Crippen molar-refractivity contribution in [3.63, 3.8) is 0 Å². The van der Waals surface area contributed by atoms with Crippen LogP contribution in [0.5, 0.6) is 0 Å². The van der Waals surface area contributed by atoms with E-state index in [1.807, 2.05) is 12.1 Å². The summed E-state index contributed by atoms with van der Waals surface area (Å²) in [4.78, 5) is 14.7. The highest BCUT2D eigenvalue weighted by atomic mass is 32.2. The summed E-state index contributed by atoms with van der Waals surface area (Å²) < 4.78 is 0. The lowest BCUT2D eigenvalue weighted by Crippen LogP contribution is -2.08. The molecule has 0 aliphatic carbocycles. The Balaban J connectivity index is 1.93. The molecule has 3 aromatic rings. The van der Waals surface area contributed by atoms with Gasteiger partial charge in [0.2, 0.25) is 0 Å². The van der Waals surface area contributed by atoms with Crippen LogP contribution in [0.1, 0.15) is 24.8 Å². The molecule has 3 rings (SSSR count). The number of carboxylic acid groups (broad SMARTS) is 1. The van der Waals surface area contributed by atoms with E-state index in [4.69, 9.17) is 5.11 Å². The average molecular weight is 364 g/mol. The third-order valence-electron chi connectivity index (χ3n) is 4.24. The highest BCUT2D eigenvalue weighted by molar-refractivity contribution is 7.97. The van der Waals surface area contributed by atoms with Crippen LogP contribution in [0.2, 0.25) is 0 Å². The van der Waals surface area contributed by atoms with Crippen molar-refractivity contribution >= 4 is 16.9 Å². The summed E-state index contributed by atoms with van der Waals surface area (Å²) in [5.74, 6) is -0.716. The number of carboxylic acids is 1. The van der Waals surface area contributed by atoms with Crippen LogP contribution in [-0.2, 0) is 22.1 Å². The zero-order valence-electron chi connectivity index (χ0n) is 14.7. The molecule has 132 valence electrons. The number of rotatable bonds is 8. The molecule has 0 radical (unpaired) electrons. The van der Waals surface area contributed by atoms with Crippen molar-refractivity contribution in [1.29, 1.82) is 0 Å². The third-order valence-corrected chi connectivity index (χ3v) is 6.56. The van der Waals surface area contributed by atoms with Gasteiger partial charge in [0, 0.05) is 12.0 Å². The van der Waals surface area contributed by atoms with Gasteiger partial charge in [-0.3, -0.25) is 4.79 Å². The van der Waals surface area contributed by atoms with Gasteiger partial charge < -0.3 is 5.11 Å². The van der Waals surface area contributed by atoms with Crippen molar-refractivity contribution < 1.29 is 9.90 Å². The first-order valence-electron chi connectivity index (χ1n) is 8.90. The standard InChI is InChI=1S/C23H22O2S/c24-23(25)18-10-8-12-19-11-7-9-17-22(19)26(20-13-3-1-4-14-20)21-15-5-2-6-16-21/h1-7,9,11,13-17H,8,10,12,18H2/p+1. The molecular formula is C23H23O2S+. The molecule has 0 aromatic heterocycles. The van der Waals surface area contributed by atoms with Gasteiger partial charge in [0.1, 0.15) is 0 Å². The molecular weight excluding hydrogens is 340 g/mol. The quantitative estimate of drug-likeness (QED) is 0.419. The van der Waals surface area contributed by atoms with Crippen molar-refractivity contribution in [2.75, 3.05) is 0 Å². The first kappa shape index (κ1) is 18.3. The molecule has 3 aromatic carbocycles. The van der Waals surface area contributed by atoms with Gasteiger partial charge in [-0.15, -0.1) is 0 Å². The van der Waals surface area contributed by atoms with Crippen molar-refractivity contribution in [3.05, 3.63) is 90.5 Å². The van der Waals surface area contributed by atoms with Crippen molar-refractivity contribution in [1.82, 2.24) is 0 Å². The summed E-state index contributed by atoms with van der Waals surface area (Å²) in [7, 11) is -0.157. The Morgan fingerprint density at radius 2 is 1.27 bits per heavy atom. The Labute approximate surface area is 157 Å². The molecule has 0 amide bonds. The first-order valence-corrected chi connectivity index (χ1v) is 10.1. The molecule has 0 aliphatic rings. The van der Waals surface area contributed by atoms with Crippen LogP contribution in [0.25, 0.3) is 0 Å². The maximum Gasteiger partial charge on any atom is 0.303 e. The van der Waals surface area contributed by atoms with E-state index in [1.165, 1.54) is 20.2 Å². The highest BCUT2D eigenvalue weighted by Gasteiger charge is 2.30. The SMILES string of the molecule is O=C(O)CCCCc1ccccc1[S+](c1ccccc1)c1ccccc1. The minimum Gasteiger partial charge on any atom is -0.481 e. The number of carbonyl (C=O) groups is 1. The predicted octanol–water partition coefficient (Wildman–Crippen LogP) is 5.58. The summed E-state index contributed by atoms with van der Waals surface area (Å²) in [6.45, 7) is 0. The van der Waals surface area contributed by atoms with Crippen LogP contribution in [0, 0.1) is 0 Å². The molecule has 0 spiro atoms. The number of benzene rings is 3. The lowest BCUT2D eigenvalue weighted by atomic mass is 10.1. The fourth-order valence-electron chi connectivity index (χ4n) is 3.00. The van der Waals surface area contributed by atoms with Crippen LogP contribution in [0.15, 0.2) is 99.6 Å². The maximum atomic E-state index is 10.8. The molecule has 0 heterocycles. The molecule has 0 saturated carbocycles. The van der Waals surface area contributed by atoms with Gasteiger partial charge in [-0.2, -0.15) is 0 Å². The Bertz CT molecular complexity index is 792. The zero-order valence-corrected chi connectivity index (χ0v) is 15.5. The number of hydrogen-bond donors (Lipinski definition) is 1. The van der Waals surface area contributed by atoms with Crippen molar-refractivity contribution in [2.24, 2.45) is 0 Å². The molecule has 0 fully saturated rings. The fraction of sp³-hybridized carbons (Fsp3) is 0.174. The summed E-state index contributed by atoms with van der Waals surface area (Å²) in [6, 6.07) is 29.8. The molecule has 0 atom stereocenters. The molecule has 0 unspecified atom stereocenters. The lowest BCUT2D eigenvalue weighted by molar-refractivity contribution is -0.137. The van der Waals surface area contributed by atoms with Gasteiger partial charge in [-0.1, -0.05) is 54.6 Å². The highest BCUT2D eigenvalue weighted by Crippen LogP contribution is 2.33. The molecule has 26 heavy (non-hydrogen) atoms. The van der Waals surface area contributed by atoms with E-state index in [2.05, 4.69) is 72.8 Å². The summed E-state index contributed by atoms with van der Waals surface area (Å²) >= 11 is 0. The van der Waals surface area contributed by atoms with Gasteiger partial charge >= 0.3 is 5.97 Å². The molecule has 3 heteroatoms. The molecule has 0 bridgehead atoms. The third kappa shape index (κ3) is 4.77. The van der Waals surface area contributed by atoms with Crippen molar-refractivity contribution in [2.45, 2.75) is 40.4 Å². The average Bonchev–Trinajstić information content (AvgIpc) is 2.68. The minimum atomic E-state index is -0.716. The van der Waals surface area contributed by atoms with Crippen LogP contribution >= 0.6 is 0 Å². The number of hydrogen-bond acceptors (Lipinski definition) is 1. The van der Waals surface area contributed by atoms with E-state index >= 15 is 0 Å². The normalized spacial score (nSPS) is 10.8. The van der Waals surface area contributed by atoms with Crippen LogP contribution in [0.3, 0.4) is 0 Å². The second-order valence-electron chi connectivity index (χ2n) is 6.14. The van der Waals surface area contributed by atoms with E-state index in [9.17, 15) is 4.79 Å². The molecule has 0 aliphatic heterocycles. The smallest absolute Gasteiger partial charge is 0.303 e. The Morgan fingerprint density at radius 1 is 0.731 bits per heavy atom. The van der Waals surface area contributed by atoms with Gasteiger partial charge in [-0.25, -0.2) is 0 Å². The van der Waals surface area contributed by atoms with E-state index in [-0.39, 0.29) is 17.3 Å². The number of aryl methyl sites for hydroxylation is 1. The van der Waals surface area contributed by atoms with Gasteiger partial charge in [0.25, 0.3) is 0 Å². The van der Waals surface area contributed by atoms with Crippen LogP contribution in [-0.4, -0.2) is 11.1 Å². The second-order valence-corrected chi connectivity index (χ2v) is 8.14. The van der Waals surface area contributed by atoms with E-state index < -0.39 is 5.97 Å². The van der Waals surface area contributed by atoms with E-state index in [0.29, 0.717) is 6.42 Å². The fourth-order valence-corrected chi connectivity index (χ4v) is 5.29. The number of aliphatic carboxylic acids is 1. The van der Waals surface area contributed by atoms with Crippen molar-refractivity contribution in [3.8, 4) is 0 Å². The Morgan fingerprint density at radius 3 is 1.85 bits per heavy atom. The minimum absolute atomic E-state index is 0.157. The van der Waals surface area contributed by atoms with E-state index in [0.717, 1.165) is 12.8 Å². The molecule has 1 N–H and O–H groups in total. The Kier molecular flexibility index (Phi) is 6.50. The predicted molar refractivity (Wildman–Crippen MR) is 107 cm³/mol. The van der Waals surface area contributed by atoms with Crippen LogP contribution < -0.4 is 0 Å². The summed E-state index contributed by atoms with van der Waals surface area (Å²) in [5, 5.41) is 8.85. The monoisotopic (exact) mass is 363 g/mol. The van der Waals surface area contributed by atoms with E-state index in [1.54, 1.807) is 0 Å². The van der Waals surface area contributed by atoms with Gasteiger partial charge in [-0.05, 0) is 49.6 Å². The zero-order chi connectivity index (χ0) is 18.2. The van der Waals surface area contributed by atoms with Crippen LogP contribution in [0.4, 0.5) is 0 Å². The van der Waals surface area contributed by atoms with Gasteiger partial charge in [0.15, 0.2) is 14.7 Å². The largest absolute Gasteiger partial charge is 0.481 e. The molecule has 0 saturated heterocycles. The maximum absolute atomic E-state index is 10.8. The second kappa shape index (κ2) is 9.25. The van der Waals surface area contributed by atoms with Gasteiger partial charge in [0.05, 0.1) is 10.9 Å². The first-order chi connectivity index (χ1) is 12.8. The Hall–Kier alpha value is -2.52. The topological polar surface area (TPSA) is 37.3 Å². The lowest BCUT2D eigenvalue weighted by Gasteiger charge is -2.12.